The first-order chi connectivity index (χ1) is 16.2. The summed E-state index contributed by atoms with van der Waals surface area (Å²) in [4.78, 5) is 28.1. The molecule has 0 aliphatic carbocycles. The van der Waals surface area contributed by atoms with Crippen LogP contribution in [0.3, 0.4) is 0 Å². The number of aromatic amines is 1. The lowest BCUT2D eigenvalue weighted by Crippen LogP contribution is -2.42. The molecule has 0 radical (unpaired) electrons. The van der Waals surface area contributed by atoms with Crippen LogP contribution in [0.2, 0.25) is 0 Å². The maximum atomic E-state index is 12.8. The van der Waals surface area contributed by atoms with E-state index in [1.54, 1.807) is 43.5 Å². The average Bonchev–Trinajstić information content (AvgIpc) is 3.22. The Labute approximate surface area is 197 Å². The number of carbonyl (C=O) groups excluding carboxylic acids is 2. The van der Waals surface area contributed by atoms with E-state index in [1.165, 1.54) is 12.1 Å². The quantitative estimate of drug-likeness (QED) is 0.318. The van der Waals surface area contributed by atoms with Crippen molar-refractivity contribution in [2.75, 3.05) is 4.72 Å². The second-order valence-corrected chi connectivity index (χ2v) is 9.67. The second-order valence-electron chi connectivity index (χ2n) is 7.99. The molecule has 0 unspecified atom stereocenters. The first-order valence-electron chi connectivity index (χ1n) is 10.6. The lowest BCUT2D eigenvalue weighted by molar-refractivity contribution is -0.121. The average molecular weight is 477 g/mol. The molecule has 174 valence electrons. The summed E-state index contributed by atoms with van der Waals surface area (Å²) in [6.45, 7) is 3.59. The van der Waals surface area contributed by atoms with Gasteiger partial charge in [0.25, 0.3) is 15.9 Å². The van der Waals surface area contributed by atoms with Gasteiger partial charge in [-0.25, -0.2) is 8.42 Å². The van der Waals surface area contributed by atoms with Crippen molar-refractivity contribution in [2.45, 2.75) is 25.2 Å². The number of amides is 2. The number of aromatic nitrogens is 1. The molecule has 3 aromatic carbocycles. The van der Waals surface area contributed by atoms with Crippen molar-refractivity contribution in [3.05, 3.63) is 95.2 Å². The van der Waals surface area contributed by atoms with Crippen molar-refractivity contribution in [3.8, 4) is 0 Å². The summed E-state index contributed by atoms with van der Waals surface area (Å²) in [7, 11) is -3.91. The molecule has 4 N–H and O–H groups in total. The molecule has 0 aliphatic rings. The third-order valence-corrected chi connectivity index (χ3v) is 6.79. The highest BCUT2D eigenvalue weighted by Crippen LogP contribution is 2.20. The number of anilines is 1. The van der Waals surface area contributed by atoms with Gasteiger partial charge in [-0.2, -0.15) is 0 Å². The monoisotopic (exact) mass is 476 g/mol. The second kappa shape index (κ2) is 9.40. The van der Waals surface area contributed by atoms with Crippen molar-refractivity contribution < 1.29 is 18.0 Å². The lowest BCUT2D eigenvalue weighted by atomic mass is 10.1. The fourth-order valence-electron chi connectivity index (χ4n) is 3.54. The molecular formula is C25H24N4O4S. The summed E-state index contributed by atoms with van der Waals surface area (Å²) >= 11 is 0. The minimum Gasteiger partial charge on any atom is -0.361 e. The molecule has 0 saturated carbocycles. The van der Waals surface area contributed by atoms with Crippen molar-refractivity contribution in [1.82, 2.24) is 15.8 Å². The van der Waals surface area contributed by atoms with Gasteiger partial charge in [0, 0.05) is 28.4 Å². The number of sulfonamides is 1. The number of hydrazine groups is 1. The largest absolute Gasteiger partial charge is 0.361 e. The molecule has 2 amide bonds. The maximum absolute atomic E-state index is 12.8. The van der Waals surface area contributed by atoms with E-state index < -0.39 is 21.8 Å². The summed E-state index contributed by atoms with van der Waals surface area (Å²) in [6, 6.07) is 18.8. The number of aryl methyl sites for hydroxylation is 2. The topological polar surface area (TPSA) is 120 Å². The van der Waals surface area contributed by atoms with E-state index in [9.17, 15) is 18.0 Å². The van der Waals surface area contributed by atoms with Crippen LogP contribution in [0, 0.1) is 13.8 Å². The van der Waals surface area contributed by atoms with E-state index >= 15 is 0 Å². The Balaban J connectivity index is 1.44. The van der Waals surface area contributed by atoms with Crippen LogP contribution in [-0.4, -0.2) is 25.2 Å². The Morgan fingerprint density at radius 2 is 1.65 bits per heavy atom. The number of para-hydroxylation sites is 1. The zero-order valence-corrected chi connectivity index (χ0v) is 19.5. The van der Waals surface area contributed by atoms with Gasteiger partial charge < -0.3 is 4.98 Å². The SMILES string of the molecule is Cc1ccc(NS(=O)(=O)c2ccc(C)c(C(=O)NNC(=O)Cc3c[nH]c4ccccc34)c2)cc1. The molecule has 0 aliphatic heterocycles. The molecule has 0 saturated heterocycles. The summed E-state index contributed by atoms with van der Waals surface area (Å²) in [5, 5.41) is 0.929. The fraction of sp³-hybridized carbons (Fsp3) is 0.120. The van der Waals surface area contributed by atoms with Gasteiger partial charge >= 0.3 is 0 Å². The molecular weight excluding hydrogens is 452 g/mol. The van der Waals surface area contributed by atoms with Crippen LogP contribution in [-0.2, 0) is 21.2 Å². The number of benzene rings is 3. The molecule has 34 heavy (non-hydrogen) atoms. The van der Waals surface area contributed by atoms with Gasteiger partial charge in [-0.05, 0) is 55.3 Å². The molecule has 0 atom stereocenters. The Kier molecular flexibility index (Phi) is 6.38. The third-order valence-electron chi connectivity index (χ3n) is 5.41. The molecule has 9 heteroatoms. The van der Waals surface area contributed by atoms with Gasteiger partial charge in [-0.3, -0.25) is 25.2 Å². The van der Waals surface area contributed by atoms with Crippen LogP contribution in [0.1, 0.15) is 27.0 Å². The van der Waals surface area contributed by atoms with Crippen molar-refractivity contribution in [3.63, 3.8) is 0 Å². The number of hydrogen-bond donors (Lipinski definition) is 4. The molecule has 0 fully saturated rings. The van der Waals surface area contributed by atoms with E-state index in [4.69, 9.17) is 0 Å². The maximum Gasteiger partial charge on any atom is 0.269 e. The van der Waals surface area contributed by atoms with Gasteiger partial charge in [-0.1, -0.05) is 42.0 Å². The van der Waals surface area contributed by atoms with Crippen LogP contribution >= 0.6 is 0 Å². The number of hydrogen-bond acceptors (Lipinski definition) is 4. The smallest absolute Gasteiger partial charge is 0.269 e. The standard InChI is InChI=1S/C25H24N4O4S/c1-16-7-10-19(11-8-16)29-34(32,33)20-12-9-17(2)22(14-20)25(31)28-27-24(30)13-18-15-26-23-6-4-3-5-21(18)23/h3-12,14-15,26,29H,13H2,1-2H3,(H,27,30)(H,28,31). The minimum absolute atomic E-state index is 0.0612. The number of H-pyrrole nitrogens is 1. The Morgan fingerprint density at radius 3 is 2.41 bits per heavy atom. The summed E-state index contributed by atoms with van der Waals surface area (Å²) < 4.78 is 28.1. The van der Waals surface area contributed by atoms with Gasteiger partial charge in [0.1, 0.15) is 0 Å². The van der Waals surface area contributed by atoms with Crippen molar-refractivity contribution in [1.29, 1.82) is 0 Å². The van der Waals surface area contributed by atoms with Crippen molar-refractivity contribution in [2.24, 2.45) is 0 Å². The van der Waals surface area contributed by atoms with Crippen LogP contribution in [0.4, 0.5) is 5.69 Å². The van der Waals surface area contributed by atoms with Gasteiger partial charge in [0.05, 0.1) is 11.3 Å². The molecule has 8 nitrogen and oxygen atoms in total. The van der Waals surface area contributed by atoms with Crippen LogP contribution in [0.15, 0.2) is 77.8 Å². The van der Waals surface area contributed by atoms with Gasteiger partial charge in [0.15, 0.2) is 0 Å². The number of carbonyl (C=O) groups is 2. The number of fused-ring (bicyclic) bond motifs is 1. The van der Waals surface area contributed by atoms with E-state index in [1.807, 2.05) is 31.2 Å². The molecule has 1 aromatic heterocycles. The zero-order valence-electron chi connectivity index (χ0n) is 18.7. The number of nitrogens with one attached hydrogen (secondary N) is 4. The first kappa shape index (κ1) is 23.1. The minimum atomic E-state index is -3.91. The highest BCUT2D eigenvalue weighted by Gasteiger charge is 2.19. The van der Waals surface area contributed by atoms with E-state index in [0.29, 0.717) is 11.3 Å². The highest BCUT2D eigenvalue weighted by molar-refractivity contribution is 7.92. The first-order valence-corrected chi connectivity index (χ1v) is 12.1. The normalized spacial score (nSPS) is 11.2. The fourth-order valence-corrected chi connectivity index (χ4v) is 4.62. The van der Waals surface area contributed by atoms with E-state index in [0.717, 1.165) is 22.0 Å². The predicted octanol–water partition coefficient (Wildman–Crippen LogP) is 3.59. The van der Waals surface area contributed by atoms with Crippen LogP contribution in [0.5, 0.6) is 0 Å². The Hall–Kier alpha value is -4.11. The zero-order chi connectivity index (χ0) is 24.3. The molecule has 0 spiro atoms. The van der Waals surface area contributed by atoms with E-state index in [2.05, 4.69) is 20.6 Å². The molecule has 4 rings (SSSR count). The van der Waals surface area contributed by atoms with Crippen LogP contribution in [0.25, 0.3) is 10.9 Å². The van der Waals surface area contributed by atoms with Gasteiger partial charge in [-0.15, -0.1) is 0 Å². The lowest BCUT2D eigenvalue weighted by Gasteiger charge is -2.12. The van der Waals surface area contributed by atoms with E-state index in [-0.39, 0.29) is 16.9 Å². The van der Waals surface area contributed by atoms with Crippen molar-refractivity contribution >= 4 is 38.4 Å². The Morgan fingerprint density at radius 1 is 0.912 bits per heavy atom. The van der Waals surface area contributed by atoms with Gasteiger partial charge in [0.2, 0.25) is 5.91 Å². The van der Waals surface area contributed by atoms with Crippen LogP contribution < -0.4 is 15.6 Å². The molecule has 4 aromatic rings. The third kappa shape index (κ3) is 5.10. The highest BCUT2D eigenvalue weighted by atomic mass is 32.2. The molecule has 1 heterocycles. The Bertz CT molecular complexity index is 1470. The molecule has 0 bridgehead atoms. The summed E-state index contributed by atoms with van der Waals surface area (Å²) in [6.07, 6.45) is 1.82. The summed E-state index contributed by atoms with van der Waals surface area (Å²) in [5.41, 5.74) is 8.61. The number of rotatable bonds is 6. The summed E-state index contributed by atoms with van der Waals surface area (Å²) in [5.74, 6) is -1.02. The predicted molar refractivity (Wildman–Crippen MR) is 131 cm³/mol.